The van der Waals surface area contributed by atoms with Crippen molar-refractivity contribution in [3.8, 4) is 0 Å². The molecule has 0 radical (unpaired) electrons. The van der Waals surface area contributed by atoms with Crippen LogP contribution >= 0.6 is 11.3 Å². The van der Waals surface area contributed by atoms with E-state index in [9.17, 15) is 9.59 Å². The lowest BCUT2D eigenvalue weighted by atomic mass is 10.5. The zero-order valence-corrected chi connectivity index (χ0v) is 7.38. The van der Waals surface area contributed by atoms with Crippen molar-refractivity contribution in [3.63, 3.8) is 0 Å². The normalized spacial score (nSPS) is 15.8. The minimum atomic E-state index is -0.313. The SMILES string of the molecule is Nc1ccc(N2C(=O)C=CC2=O)s1. The molecule has 0 atom stereocenters. The summed E-state index contributed by atoms with van der Waals surface area (Å²) >= 11 is 1.21. The predicted molar refractivity (Wildman–Crippen MR) is 50.4 cm³/mol. The van der Waals surface area contributed by atoms with Crippen molar-refractivity contribution < 1.29 is 9.59 Å². The van der Waals surface area contributed by atoms with Crippen molar-refractivity contribution in [2.75, 3.05) is 10.6 Å². The van der Waals surface area contributed by atoms with Crippen molar-refractivity contribution in [2.24, 2.45) is 0 Å². The number of nitrogens with zero attached hydrogens (tertiary/aromatic N) is 1. The highest BCUT2D eigenvalue weighted by Gasteiger charge is 2.25. The number of hydrogen-bond acceptors (Lipinski definition) is 4. The molecule has 1 aromatic heterocycles. The minimum absolute atomic E-state index is 0.313. The van der Waals surface area contributed by atoms with Gasteiger partial charge in [-0.05, 0) is 12.1 Å². The van der Waals surface area contributed by atoms with E-state index in [1.807, 2.05) is 0 Å². The van der Waals surface area contributed by atoms with E-state index in [4.69, 9.17) is 5.73 Å². The summed E-state index contributed by atoms with van der Waals surface area (Å²) < 4.78 is 0. The van der Waals surface area contributed by atoms with E-state index in [1.54, 1.807) is 12.1 Å². The molecule has 2 heterocycles. The molecule has 5 heteroatoms. The first kappa shape index (κ1) is 8.00. The van der Waals surface area contributed by atoms with Crippen molar-refractivity contribution in [2.45, 2.75) is 0 Å². The molecule has 1 aliphatic heterocycles. The second-order valence-electron chi connectivity index (χ2n) is 2.52. The topological polar surface area (TPSA) is 63.4 Å². The third-order valence-electron chi connectivity index (χ3n) is 1.64. The standard InChI is InChI=1S/C8H6N2O2S/c9-5-1-4-8(13-5)10-6(11)2-3-7(10)12/h1-4H,9H2. The molecule has 1 aromatic rings. The van der Waals surface area contributed by atoms with E-state index < -0.39 is 0 Å². The van der Waals surface area contributed by atoms with Crippen molar-refractivity contribution in [1.82, 2.24) is 0 Å². The van der Waals surface area contributed by atoms with Gasteiger partial charge in [-0.2, -0.15) is 0 Å². The molecular formula is C8H6N2O2S. The number of anilines is 2. The molecule has 0 saturated heterocycles. The predicted octanol–water partition coefficient (Wildman–Crippen LogP) is 0.760. The maximum absolute atomic E-state index is 11.2. The lowest BCUT2D eigenvalue weighted by molar-refractivity contribution is -0.119. The molecule has 2 rings (SSSR count). The smallest absolute Gasteiger partial charge is 0.258 e. The first-order valence-electron chi connectivity index (χ1n) is 3.60. The van der Waals surface area contributed by atoms with Crippen LogP contribution in [0, 0.1) is 0 Å². The van der Waals surface area contributed by atoms with Gasteiger partial charge in [0.1, 0.15) is 5.00 Å². The molecule has 0 saturated carbocycles. The first-order valence-corrected chi connectivity index (χ1v) is 4.41. The van der Waals surface area contributed by atoms with Crippen molar-refractivity contribution in [3.05, 3.63) is 24.3 Å². The largest absolute Gasteiger partial charge is 0.391 e. The number of nitrogens with two attached hydrogens (primary N) is 1. The average molecular weight is 194 g/mol. The molecule has 1 aliphatic rings. The Balaban J connectivity index is 2.37. The molecule has 2 amide bonds. The molecule has 0 bridgehead atoms. The lowest BCUT2D eigenvalue weighted by Crippen LogP contribution is -2.28. The van der Waals surface area contributed by atoms with Crippen LogP contribution in [0.15, 0.2) is 24.3 Å². The van der Waals surface area contributed by atoms with Gasteiger partial charge in [0, 0.05) is 12.2 Å². The molecule has 2 N–H and O–H groups in total. The summed E-state index contributed by atoms with van der Waals surface area (Å²) in [6.45, 7) is 0. The molecule has 0 unspecified atom stereocenters. The Morgan fingerprint density at radius 1 is 1.15 bits per heavy atom. The molecule has 13 heavy (non-hydrogen) atoms. The van der Waals surface area contributed by atoms with E-state index in [-0.39, 0.29) is 11.8 Å². The fraction of sp³-hybridized carbons (Fsp3) is 0. The van der Waals surface area contributed by atoms with Crippen LogP contribution in [-0.2, 0) is 9.59 Å². The number of carbonyl (C=O) groups excluding carboxylic acids is 2. The molecule has 0 fully saturated rings. The Hall–Kier alpha value is -1.62. The van der Waals surface area contributed by atoms with Crippen LogP contribution in [0.2, 0.25) is 0 Å². The monoisotopic (exact) mass is 194 g/mol. The van der Waals surface area contributed by atoms with E-state index in [0.29, 0.717) is 10.0 Å². The summed E-state index contributed by atoms with van der Waals surface area (Å²) in [6, 6.07) is 3.32. The molecule has 66 valence electrons. The van der Waals surface area contributed by atoms with Gasteiger partial charge < -0.3 is 5.73 Å². The fourth-order valence-electron chi connectivity index (χ4n) is 1.08. The van der Waals surface area contributed by atoms with Gasteiger partial charge in [-0.1, -0.05) is 0 Å². The summed E-state index contributed by atoms with van der Waals surface area (Å²) in [5, 5.41) is 1.15. The number of rotatable bonds is 1. The molecule has 0 aliphatic carbocycles. The highest BCUT2D eigenvalue weighted by atomic mass is 32.1. The van der Waals surface area contributed by atoms with E-state index in [2.05, 4.69) is 0 Å². The third kappa shape index (κ3) is 1.23. The Morgan fingerprint density at radius 3 is 2.23 bits per heavy atom. The third-order valence-corrected chi connectivity index (χ3v) is 2.54. The first-order chi connectivity index (χ1) is 6.18. The molecule has 0 aromatic carbocycles. The Bertz CT molecular complexity index is 390. The summed E-state index contributed by atoms with van der Waals surface area (Å²) in [4.78, 5) is 23.5. The Morgan fingerprint density at radius 2 is 1.77 bits per heavy atom. The quantitative estimate of drug-likeness (QED) is 0.671. The average Bonchev–Trinajstić information content (AvgIpc) is 2.60. The maximum Gasteiger partial charge on any atom is 0.258 e. The lowest BCUT2D eigenvalue weighted by Gasteiger charge is -2.09. The number of thiophene rings is 1. The summed E-state index contributed by atoms with van der Waals surface area (Å²) in [5.74, 6) is -0.626. The maximum atomic E-state index is 11.2. The van der Waals surface area contributed by atoms with Gasteiger partial charge in [-0.15, -0.1) is 11.3 Å². The number of hydrogen-bond donors (Lipinski definition) is 1. The van der Waals surface area contributed by atoms with Crippen LogP contribution < -0.4 is 10.6 Å². The minimum Gasteiger partial charge on any atom is -0.391 e. The van der Waals surface area contributed by atoms with Gasteiger partial charge in [-0.25, -0.2) is 4.90 Å². The summed E-state index contributed by atoms with van der Waals surface area (Å²) in [5.41, 5.74) is 5.49. The summed E-state index contributed by atoms with van der Waals surface area (Å²) in [6.07, 6.45) is 2.50. The van der Waals surface area contributed by atoms with E-state index in [1.165, 1.54) is 23.5 Å². The zero-order chi connectivity index (χ0) is 9.42. The molecule has 0 spiro atoms. The Labute approximate surface area is 78.3 Å². The number of imide groups is 1. The second-order valence-corrected chi connectivity index (χ2v) is 3.62. The molecule has 4 nitrogen and oxygen atoms in total. The van der Waals surface area contributed by atoms with E-state index >= 15 is 0 Å². The molecular weight excluding hydrogens is 188 g/mol. The number of nitrogen functional groups attached to an aromatic ring is 1. The van der Waals surface area contributed by atoms with Crippen LogP contribution in [0.5, 0.6) is 0 Å². The number of carbonyl (C=O) groups is 2. The van der Waals surface area contributed by atoms with Gasteiger partial charge in [0.15, 0.2) is 0 Å². The van der Waals surface area contributed by atoms with Crippen LogP contribution in [0.25, 0.3) is 0 Å². The fourth-order valence-corrected chi connectivity index (χ4v) is 1.86. The number of amides is 2. The van der Waals surface area contributed by atoms with Gasteiger partial charge in [0.25, 0.3) is 11.8 Å². The zero-order valence-electron chi connectivity index (χ0n) is 6.56. The summed E-state index contributed by atoms with van der Waals surface area (Å²) in [7, 11) is 0. The van der Waals surface area contributed by atoms with E-state index in [0.717, 1.165) is 4.90 Å². The van der Waals surface area contributed by atoms with Gasteiger partial charge >= 0.3 is 0 Å². The van der Waals surface area contributed by atoms with Crippen LogP contribution in [0.4, 0.5) is 10.0 Å². The van der Waals surface area contributed by atoms with Gasteiger partial charge in [-0.3, -0.25) is 9.59 Å². The van der Waals surface area contributed by atoms with Crippen molar-refractivity contribution in [1.29, 1.82) is 0 Å². The highest BCUT2D eigenvalue weighted by molar-refractivity contribution is 7.20. The van der Waals surface area contributed by atoms with Gasteiger partial charge in [0.2, 0.25) is 0 Å². The van der Waals surface area contributed by atoms with Crippen LogP contribution in [0.3, 0.4) is 0 Å². The van der Waals surface area contributed by atoms with Crippen LogP contribution in [-0.4, -0.2) is 11.8 Å². The van der Waals surface area contributed by atoms with Crippen LogP contribution in [0.1, 0.15) is 0 Å². The second kappa shape index (κ2) is 2.70. The Kier molecular flexibility index (Phi) is 1.66. The highest BCUT2D eigenvalue weighted by Crippen LogP contribution is 2.29. The van der Waals surface area contributed by atoms with Crippen molar-refractivity contribution >= 4 is 33.2 Å². The van der Waals surface area contributed by atoms with Gasteiger partial charge in [0.05, 0.1) is 5.00 Å².